The largest absolute Gasteiger partial charge is 0.451 e. The summed E-state index contributed by atoms with van der Waals surface area (Å²) in [4.78, 5) is 17.7. The number of benzene rings is 2. The van der Waals surface area contributed by atoms with E-state index >= 15 is 0 Å². The van der Waals surface area contributed by atoms with Crippen LogP contribution in [0.1, 0.15) is 26.6 Å². The van der Waals surface area contributed by atoms with E-state index in [4.69, 9.17) is 4.42 Å². The Kier molecular flexibility index (Phi) is 5.97. The molecule has 0 fully saturated rings. The summed E-state index contributed by atoms with van der Waals surface area (Å²) in [6, 6.07) is 15.5. The van der Waals surface area contributed by atoms with E-state index in [-0.39, 0.29) is 17.1 Å². The lowest BCUT2D eigenvalue weighted by Gasteiger charge is -2.07. The highest BCUT2D eigenvalue weighted by molar-refractivity contribution is 9.10. The molecule has 0 unspecified atom stereocenters. The molecule has 31 heavy (non-hydrogen) atoms. The summed E-state index contributed by atoms with van der Waals surface area (Å²) >= 11 is 4.74. The van der Waals surface area contributed by atoms with Crippen molar-refractivity contribution in [1.82, 2.24) is 4.98 Å². The Balaban J connectivity index is 1.44. The molecule has 0 saturated heterocycles. The molecule has 9 heteroatoms. The van der Waals surface area contributed by atoms with Gasteiger partial charge < -0.3 is 4.42 Å². The highest BCUT2D eigenvalue weighted by atomic mass is 79.9. The fourth-order valence-corrected chi connectivity index (χ4v) is 3.98. The second kappa shape index (κ2) is 8.68. The molecule has 1 amide bonds. The van der Waals surface area contributed by atoms with Gasteiger partial charge in [-0.2, -0.15) is 13.2 Å². The maximum atomic E-state index is 12.9. The lowest BCUT2D eigenvalue weighted by atomic mass is 10.1. The van der Waals surface area contributed by atoms with Crippen LogP contribution in [0, 0.1) is 0 Å². The molecule has 158 valence electrons. The fraction of sp³-hybridized carbons (Fsp3) is 0.0909. The van der Waals surface area contributed by atoms with Gasteiger partial charge in [-0.25, -0.2) is 4.98 Å². The normalized spacial score (nSPS) is 11.5. The predicted molar refractivity (Wildman–Crippen MR) is 116 cm³/mol. The van der Waals surface area contributed by atoms with Crippen molar-refractivity contribution < 1.29 is 22.4 Å². The summed E-state index contributed by atoms with van der Waals surface area (Å²) in [5.41, 5.74) is 0.565. The minimum Gasteiger partial charge on any atom is -0.451 e. The van der Waals surface area contributed by atoms with Gasteiger partial charge in [-0.05, 0) is 42.0 Å². The minimum absolute atomic E-state index is 0.0166. The number of anilines is 1. The van der Waals surface area contributed by atoms with Gasteiger partial charge in [0.25, 0.3) is 5.91 Å². The highest BCUT2D eigenvalue weighted by Crippen LogP contribution is 2.33. The first-order chi connectivity index (χ1) is 14.8. The van der Waals surface area contributed by atoms with Crippen molar-refractivity contribution in [3.05, 3.63) is 93.1 Å². The number of carbonyl (C=O) groups excluding carboxylic acids is 1. The van der Waals surface area contributed by atoms with Crippen LogP contribution >= 0.6 is 27.3 Å². The van der Waals surface area contributed by atoms with Gasteiger partial charge in [-0.1, -0.05) is 40.2 Å². The number of hydrogen-bond donors (Lipinski definition) is 1. The summed E-state index contributed by atoms with van der Waals surface area (Å²) in [5, 5.41) is 3.07. The van der Waals surface area contributed by atoms with E-state index in [2.05, 4.69) is 26.2 Å². The third-order valence-electron chi connectivity index (χ3n) is 4.37. The third kappa shape index (κ3) is 5.23. The van der Waals surface area contributed by atoms with Crippen molar-refractivity contribution in [3.63, 3.8) is 0 Å². The topological polar surface area (TPSA) is 55.1 Å². The molecular formula is C22H14BrF3N2O2S. The Morgan fingerprint density at radius 1 is 1.10 bits per heavy atom. The summed E-state index contributed by atoms with van der Waals surface area (Å²) in [6.45, 7) is 0. The van der Waals surface area contributed by atoms with Crippen molar-refractivity contribution in [3.8, 4) is 11.3 Å². The van der Waals surface area contributed by atoms with Crippen molar-refractivity contribution in [2.24, 2.45) is 0 Å². The fourth-order valence-electron chi connectivity index (χ4n) is 2.87. The van der Waals surface area contributed by atoms with E-state index in [0.717, 1.165) is 27.0 Å². The lowest BCUT2D eigenvalue weighted by Crippen LogP contribution is -2.10. The molecule has 0 spiro atoms. The molecule has 2 aromatic heterocycles. The van der Waals surface area contributed by atoms with Crippen LogP contribution in [-0.4, -0.2) is 10.9 Å². The molecule has 0 aliphatic heterocycles. The Labute approximate surface area is 187 Å². The van der Waals surface area contributed by atoms with Crippen molar-refractivity contribution in [2.45, 2.75) is 12.6 Å². The van der Waals surface area contributed by atoms with E-state index in [1.807, 2.05) is 24.3 Å². The number of hydrogen-bond acceptors (Lipinski definition) is 4. The zero-order valence-electron chi connectivity index (χ0n) is 15.7. The Morgan fingerprint density at radius 3 is 2.61 bits per heavy atom. The molecule has 4 nitrogen and oxygen atoms in total. The smallest absolute Gasteiger partial charge is 0.416 e. The van der Waals surface area contributed by atoms with Gasteiger partial charge in [0.1, 0.15) is 5.76 Å². The molecule has 0 radical (unpaired) electrons. The summed E-state index contributed by atoms with van der Waals surface area (Å²) in [5.74, 6) is -0.369. The SMILES string of the molecule is O=C(Nc1ncc(Cc2ccc(Br)cc2)s1)c1ccc(-c2cccc(C(F)(F)F)c2)o1. The highest BCUT2D eigenvalue weighted by Gasteiger charge is 2.30. The second-order valence-electron chi connectivity index (χ2n) is 6.63. The first kappa shape index (κ1) is 21.3. The molecule has 1 N–H and O–H groups in total. The van der Waals surface area contributed by atoms with Gasteiger partial charge in [0.2, 0.25) is 0 Å². The summed E-state index contributed by atoms with van der Waals surface area (Å²) in [7, 11) is 0. The van der Waals surface area contributed by atoms with Gasteiger partial charge in [-0.3, -0.25) is 10.1 Å². The molecule has 2 aromatic carbocycles. The van der Waals surface area contributed by atoms with Crippen LogP contribution in [-0.2, 0) is 12.6 Å². The zero-order chi connectivity index (χ0) is 22.0. The van der Waals surface area contributed by atoms with Crippen LogP contribution in [0.25, 0.3) is 11.3 Å². The van der Waals surface area contributed by atoms with Crippen molar-refractivity contribution in [2.75, 3.05) is 5.32 Å². The van der Waals surface area contributed by atoms with Crippen LogP contribution in [0.4, 0.5) is 18.3 Å². The van der Waals surface area contributed by atoms with Crippen LogP contribution in [0.2, 0.25) is 0 Å². The molecule has 0 atom stereocenters. The molecule has 4 aromatic rings. The Bertz CT molecular complexity index is 1220. The number of nitrogens with zero attached hydrogens (tertiary/aromatic N) is 1. The van der Waals surface area contributed by atoms with E-state index in [0.29, 0.717) is 11.6 Å². The number of amides is 1. The standard InChI is InChI=1S/C22H14BrF3N2O2S/c23-16-6-4-13(5-7-16)10-17-12-27-21(31-17)28-20(29)19-9-8-18(30-19)14-2-1-3-15(11-14)22(24,25)26/h1-9,11-12H,10H2,(H,27,28,29). The average molecular weight is 507 g/mol. The molecule has 0 saturated carbocycles. The minimum atomic E-state index is -4.46. The number of carbonyl (C=O) groups is 1. The van der Waals surface area contributed by atoms with Gasteiger partial charge in [0.15, 0.2) is 10.9 Å². The number of furan rings is 1. The zero-order valence-corrected chi connectivity index (χ0v) is 18.1. The van der Waals surface area contributed by atoms with E-state index < -0.39 is 17.6 Å². The maximum Gasteiger partial charge on any atom is 0.416 e. The van der Waals surface area contributed by atoms with Crippen LogP contribution < -0.4 is 5.32 Å². The second-order valence-corrected chi connectivity index (χ2v) is 8.66. The molecule has 0 aliphatic rings. The molecule has 0 aliphatic carbocycles. The van der Waals surface area contributed by atoms with E-state index in [1.165, 1.54) is 35.6 Å². The molecular weight excluding hydrogens is 493 g/mol. The number of thiazole rings is 1. The van der Waals surface area contributed by atoms with E-state index in [1.54, 1.807) is 6.20 Å². The quantitative estimate of drug-likeness (QED) is 0.316. The third-order valence-corrected chi connectivity index (χ3v) is 5.81. The molecule has 4 rings (SSSR count). The van der Waals surface area contributed by atoms with Crippen LogP contribution in [0.15, 0.2) is 75.8 Å². The molecule has 0 bridgehead atoms. The Hall–Kier alpha value is -2.91. The predicted octanol–water partition coefficient (Wildman–Crippen LogP) is 7.03. The van der Waals surface area contributed by atoms with Gasteiger partial charge in [-0.15, -0.1) is 11.3 Å². The van der Waals surface area contributed by atoms with Gasteiger partial charge in [0, 0.05) is 27.5 Å². The van der Waals surface area contributed by atoms with E-state index in [9.17, 15) is 18.0 Å². The number of halogens is 4. The number of nitrogens with one attached hydrogen (secondary N) is 1. The average Bonchev–Trinajstić information content (AvgIpc) is 3.39. The first-order valence-electron chi connectivity index (χ1n) is 9.06. The van der Waals surface area contributed by atoms with Gasteiger partial charge >= 0.3 is 6.18 Å². The summed E-state index contributed by atoms with van der Waals surface area (Å²) in [6.07, 6.45) is -2.08. The summed E-state index contributed by atoms with van der Waals surface area (Å²) < 4.78 is 45.2. The number of rotatable bonds is 5. The first-order valence-corrected chi connectivity index (χ1v) is 10.7. The maximum absolute atomic E-state index is 12.9. The van der Waals surface area contributed by atoms with Crippen LogP contribution in [0.5, 0.6) is 0 Å². The monoisotopic (exact) mass is 506 g/mol. The number of alkyl halides is 3. The Morgan fingerprint density at radius 2 is 1.87 bits per heavy atom. The lowest BCUT2D eigenvalue weighted by molar-refractivity contribution is -0.137. The number of aromatic nitrogens is 1. The van der Waals surface area contributed by atoms with Crippen molar-refractivity contribution in [1.29, 1.82) is 0 Å². The van der Waals surface area contributed by atoms with Crippen LogP contribution in [0.3, 0.4) is 0 Å². The van der Waals surface area contributed by atoms with Gasteiger partial charge in [0.05, 0.1) is 5.56 Å². The molecule has 2 heterocycles. The van der Waals surface area contributed by atoms with Crippen molar-refractivity contribution >= 4 is 38.3 Å².